The van der Waals surface area contributed by atoms with Crippen molar-refractivity contribution in [3.8, 4) is 0 Å². The number of aryl methyl sites for hydroxylation is 2. The Hall–Kier alpha value is -5.09. The highest BCUT2D eigenvalue weighted by atomic mass is 19.1. The largest absolute Gasteiger partial charge is 0.389 e. The van der Waals surface area contributed by atoms with Crippen LogP contribution in [0, 0.1) is 11.6 Å². The fourth-order valence-electron chi connectivity index (χ4n) is 6.13. The molecule has 1 fully saturated rings. The van der Waals surface area contributed by atoms with E-state index in [0.29, 0.717) is 36.8 Å². The molecule has 238 valence electrons. The summed E-state index contributed by atoms with van der Waals surface area (Å²) in [5, 5.41) is 12.1. The van der Waals surface area contributed by atoms with Crippen LogP contribution in [0.2, 0.25) is 0 Å². The minimum atomic E-state index is -1.02. The molecular weight excluding hydrogens is 590 g/mol. The maximum atomic E-state index is 14.5. The first-order valence-corrected chi connectivity index (χ1v) is 15.1. The number of aliphatic hydroxyl groups is 1. The molecule has 1 aliphatic rings. The number of hydrogen-bond donors (Lipinski definition) is 3. The van der Waals surface area contributed by atoms with E-state index in [-0.39, 0.29) is 24.2 Å². The molecule has 0 radical (unpaired) electrons. The van der Waals surface area contributed by atoms with E-state index in [1.165, 1.54) is 34.1 Å². The van der Waals surface area contributed by atoms with Gasteiger partial charge in [-0.3, -0.25) is 9.59 Å². The number of amides is 4. The zero-order chi connectivity index (χ0) is 32.8. The minimum Gasteiger partial charge on any atom is -0.389 e. The third-order valence-corrected chi connectivity index (χ3v) is 8.52. The monoisotopic (exact) mass is 626 g/mol. The standard InChI is InChI=1S/C36H36F2N4O4/c37-29-15-11-25(19-27(29)34(39)44)21-41-31(17-13-23-7-3-1-4-8-23)33(43)32(18-14-24-9-5-2-6-10-24)42(36(41)46)22-26-12-16-30(38)28(20-26)35(40)45/h1-12,15-16,19-20,31-33,43H,13-14,17-18,21-22H2,(H2,39,44)(H2,40,45)/t31-,32-/m1/s1. The van der Waals surface area contributed by atoms with Crippen molar-refractivity contribution >= 4 is 17.8 Å². The van der Waals surface area contributed by atoms with Crippen LogP contribution in [-0.4, -0.2) is 50.9 Å². The van der Waals surface area contributed by atoms with Gasteiger partial charge in [-0.2, -0.15) is 0 Å². The second kappa shape index (κ2) is 14.3. The SMILES string of the molecule is NC(=O)c1cc(CN2C(=O)N(Cc3ccc(F)c(C(N)=O)c3)[C@H](CCc3ccccc3)C(O)[C@H]2CCc2ccccc2)ccc1F. The van der Waals surface area contributed by atoms with Crippen molar-refractivity contribution in [3.05, 3.63) is 142 Å². The van der Waals surface area contributed by atoms with Gasteiger partial charge >= 0.3 is 6.03 Å². The Bertz CT molecular complexity index is 1580. The highest BCUT2D eigenvalue weighted by Gasteiger charge is 2.45. The van der Waals surface area contributed by atoms with Crippen molar-refractivity contribution < 1.29 is 28.3 Å². The van der Waals surface area contributed by atoms with E-state index in [4.69, 9.17) is 11.5 Å². The van der Waals surface area contributed by atoms with E-state index in [1.807, 2.05) is 60.7 Å². The molecule has 8 nitrogen and oxygen atoms in total. The zero-order valence-corrected chi connectivity index (χ0v) is 25.2. The van der Waals surface area contributed by atoms with Gasteiger partial charge in [0.05, 0.1) is 29.3 Å². The van der Waals surface area contributed by atoms with Crippen LogP contribution in [0.25, 0.3) is 0 Å². The number of nitrogens with two attached hydrogens (primary N) is 2. The lowest BCUT2D eigenvalue weighted by molar-refractivity contribution is -0.0478. The third-order valence-electron chi connectivity index (χ3n) is 8.52. The molecule has 4 amide bonds. The Labute approximate surface area is 266 Å². The van der Waals surface area contributed by atoms with E-state index < -0.39 is 47.7 Å². The molecule has 5 rings (SSSR count). The number of carbonyl (C=O) groups is 3. The van der Waals surface area contributed by atoms with Crippen molar-refractivity contribution in [1.82, 2.24) is 9.80 Å². The van der Waals surface area contributed by atoms with Crippen molar-refractivity contribution in [2.24, 2.45) is 11.5 Å². The summed E-state index contributed by atoms with van der Waals surface area (Å²) in [6.45, 7) is -0.0679. The maximum Gasteiger partial charge on any atom is 0.321 e. The van der Waals surface area contributed by atoms with E-state index in [1.54, 1.807) is 0 Å². The van der Waals surface area contributed by atoms with Crippen LogP contribution in [0.4, 0.5) is 13.6 Å². The summed E-state index contributed by atoms with van der Waals surface area (Å²) in [4.78, 5) is 41.3. The molecule has 0 saturated carbocycles. The summed E-state index contributed by atoms with van der Waals surface area (Å²) in [5.41, 5.74) is 13.2. The summed E-state index contributed by atoms with van der Waals surface area (Å²) in [5.74, 6) is -3.42. The highest BCUT2D eigenvalue weighted by molar-refractivity contribution is 5.93. The second-order valence-corrected chi connectivity index (χ2v) is 11.6. The molecule has 0 bridgehead atoms. The van der Waals surface area contributed by atoms with Gasteiger partial charge in [0.1, 0.15) is 11.6 Å². The number of primary amides is 2. The van der Waals surface area contributed by atoms with Crippen LogP contribution < -0.4 is 11.5 Å². The normalized spacial score (nSPS) is 16.9. The molecular formula is C36H36F2N4O4. The Morgan fingerprint density at radius 2 is 1.02 bits per heavy atom. The molecule has 1 heterocycles. The molecule has 5 N–H and O–H groups in total. The van der Waals surface area contributed by atoms with Gasteiger partial charge in [-0.05, 0) is 72.2 Å². The summed E-state index contributed by atoms with van der Waals surface area (Å²) in [7, 11) is 0. The number of aliphatic hydroxyl groups excluding tert-OH is 1. The molecule has 0 unspecified atom stereocenters. The predicted molar refractivity (Wildman–Crippen MR) is 169 cm³/mol. The molecule has 0 spiro atoms. The predicted octanol–water partition coefficient (Wildman–Crippen LogP) is 4.96. The van der Waals surface area contributed by atoms with E-state index in [2.05, 4.69) is 0 Å². The van der Waals surface area contributed by atoms with Crippen LogP contribution in [0.3, 0.4) is 0 Å². The van der Waals surface area contributed by atoms with Crippen molar-refractivity contribution in [1.29, 1.82) is 0 Å². The average Bonchev–Trinajstić information content (AvgIpc) is 3.05. The first-order chi connectivity index (χ1) is 22.1. The molecule has 1 saturated heterocycles. The van der Waals surface area contributed by atoms with Gasteiger partial charge in [0.2, 0.25) is 0 Å². The summed E-state index contributed by atoms with van der Waals surface area (Å²) >= 11 is 0. The number of halogens is 2. The minimum absolute atomic E-state index is 0.0340. The second-order valence-electron chi connectivity index (χ2n) is 11.6. The smallest absolute Gasteiger partial charge is 0.321 e. The number of rotatable bonds is 12. The van der Waals surface area contributed by atoms with Crippen molar-refractivity contribution in [3.63, 3.8) is 0 Å². The van der Waals surface area contributed by atoms with Gasteiger partial charge in [-0.15, -0.1) is 0 Å². The maximum absolute atomic E-state index is 14.5. The summed E-state index contributed by atoms with van der Waals surface area (Å²) in [6, 6.07) is 25.6. The Morgan fingerprint density at radius 1 is 0.630 bits per heavy atom. The Balaban J connectivity index is 1.53. The lowest BCUT2D eigenvalue weighted by Crippen LogP contribution is -2.65. The number of urea groups is 1. The highest BCUT2D eigenvalue weighted by Crippen LogP contribution is 2.32. The molecule has 4 aromatic rings. The van der Waals surface area contributed by atoms with E-state index in [0.717, 1.165) is 23.3 Å². The first kappa shape index (κ1) is 32.3. The number of carbonyl (C=O) groups excluding carboxylic acids is 3. The van der Waals surface area contributed by atoms with Gasteiger partial charge in [0.15, 0.2) is 0 Å². The molecule has 0 aliphatic carbocycles. The van der Waals surface area contributed by atoms with Gasteiger partial charge < -0.3 is 26.4 Å². The lowest BCUT2D eigenvalue weighted by Gasteiger charge is -2.49. The van der Waals surface area contributed by atoms with Gasteiger partial charge in [-0.1, -0.05) is 72.8 Å². The fraction of sp³-hybridized carbons (Fsp3) is 0.250. The molecule has 4 aromatic carbocycles. The summed E-state index contributed by atoms with van der Waals surface area (Å²) < 4.78 is 28.7. The topological polar surface area (TPSA) is 130 Å². The van der Waals surface area contributed by atoms with E-state index >= 15 is 0 Å². The third kappa shape index (κ3) is 7.40. The number of nitrogens with zero attached hydrogens (tertiary/aromatic N) is 2. The Morgan fingerprint density at radius 3 is 1.39 bits per heavy atom. The van der Waals surface area contributed by atoms with Crippen LogP contribution in [-0.2, 0) is 25.9 Å². The molecule has 0 aromatic heterocycles. The molecule has 2 atom stereocenters. The molecule has 1 aliphatic heterocycles. The lowest BCUT2D eigenvalue weighted by atomic mass is 9.88. The van der Waals surface area contributed by atoms with Gasteiger partial charge in [-0.25, -0.2) is 13.6 Å². The quantitative estimate of drug-likeness (QED) is 0.205. The Kier molecular flexibility index (Phi) is 10.1. The van der Waals surface area contributed by atoms with Crippen molar-refractivity contribution in [2.75, 3.05) is 0 Å². The van der Waals surface area contributed by atoms with E-state index in [9.17, 15) is 28.3 Å². The molecule has 10 heteroatoms. The summed E-state index contributed by atoms with van der Waals surface area (Å²) in [6.07, 6.45) is 0.996. The number of hydrogen-bond acceptors (Lipinski definition) is 4. The average molecular weight is 627 g/mol. The van der Waals surface area contributed by atoms with Crippen LogP contribution in [0.1, 0.15) is 55.8 Å². The van der Waals surface area contributed by atoms with Crippen LogP contribution in [0.15, 0.2) is 97.1 Å². The number of benzene rings is 4. The zero-order valence-electron chi connectivity index (χ0n) is 25.2. The fourth-order valence-corrected chi connectivity index (χ4v) is 6.13. The van der Waals surface area contributed by atoms with Gasteiger partial charge in [0, 0.05) is 13.1 Å². The van der Waals surface area contributed by atoms with Gasteiger partial charge in [0.25, 0.3) is 11.8 Å². The molecule has 46 heavy (non-hydrogen) atoms. The first-order valence-electron chi connectivity index (χ1n) is 15.1. The van der Waals surface area contributed by atoms with Crippen molar-refractivity contribution in [2.45, 2.75) is 57.0 Å². The van der Waals surface area contributed by atoms with Crippen LogP contribution >= 0.6 is 0 Å². The van der Waals surface area contributed by atoms with Crippen LogP contribution in [0.5, 0.6) is 0 Å².